The van der Waals surface area contributed by atoms with Crippen LogP contribution in [0.25, 0.3) is 0 Å². The molecule has 1 heterocycles. The average molecular weight is 263 g/mol. The summed E-state index contributed by atoms with van der Waals surface area (Å²) in [6.07, 6.45) is 4.27. The van der Waals surface area contributed by atoms with Gasteiger partial charge in [0, 0.05) is 18.9 Å². The van der Waals surface area contributed by atoms with E-state index in [1.54, 1.807) is 19.5 Å². The predicted molar refractivity (Wildman–Crippen MR) is 74.4 cm³/mol. The standard InChI is InChI=1S/C14H15ClN2O/c1-18-12-4-2-3-11(9-12)5-8-17-14-6-7-16-10-13(14)15/h2-4,6-7,9-10H,5,8H2,1H3,(H,16,17). The van der Waals surface area contributed by atoms with Crippen molar-refractivity contribution in [2.75, 3.05) is 19.0 Å². The fourth-order valence-corrected chi connectivity index (χ4v) is 1.87. The van der Waals surface area contributed by atoms with Crippen LogP contribution in [0.1, 0.15) is 5.56 Å². The summed E-state index contributed by atoms with van der Waals surface area (Å²) in [5.74, 6) is 0.884. The van der Waals surface area contributed by atoms with E-state index in [9.17, 15) is 0 Å². The van der Waals surface area contributed by atoms with Gasteiger partial charge in [-0.3, -0.25) is 4.98 Å². The molecule has 0 amide bonds. The smallest absolute Gasteiger partial charge is 0.119 e. The molecule has 2 aromatic rings. The van der Waals surface area contributed by atoms with Gasteiger partial charge in [0.2, 0.25) is 0 Å². The van der Waals surface area contributed by atoms with Crippen LogP contribution in [-0.4, -0.2) is 18.6 Å². The zero-order valence-electron chi connectivity index (χ0n) is 10.2. The molecule has 0 fully saturated rings. The highest BCUT2D eigenvalue weighted by Crippen LogP contribution is 2.19. The minimum Gasteiger partial charge on any atom is -0.497 e. The monoisotopic (exact) mass is 262 g/mol. The van der Waals surface area contributed by atoms with Gasteiger partial charge in [-0.05, 0) is 30.2 Å². The molecule has 2 rings (SSSR count). The van der Waals surface area contributed by atoms with Gasteiger partial charge < -0.3 is 10.1 Å². The molecule has 0 atom stereocenters. The van der Waals surface area contributed by atoms with Gasteiger partial charge in [0.1, 0.15) is 5.75 Å². The summed E-state index contributed by atoms with van der Waals surface area (Å²) >= 11 is 6.01. The molecule has 0 spiro atoms. The molecule has 3 nitrogen and oxygen atoms in total. The van der Waals surface area contributed by atoms with Crippen LogP contribution in [0.4, 0.5) is 5.69 Å². The Balaban J connectivity index is 1.90. The summed E-state index contributed by atoms with van der Waals surface area (Å²) in [5.41, 5.74) is 2.14. The number of ether oxygens (including phenoxy) is 1. The number of nitrogens with one attached hydrogen (secondary N) is 1. The number of rotatable bonds is 5. The zero-order chi connectivity index (χ0) is 12.8. The van der Waals surface area contributed by atoms with Gasteiger partial charge in [-0.2, -0.15) is 0 Å². The van der Waals surface area contributed by atoms with Gasteiger partial charge >= 0.3 is 0 Å². The molecular formula is C14H15ClN2O. The number of anilines is 1. The molecule has 18 heavy (non-hydrogen) atoms. The predicted octanol–water partition coefficient (Wildman–Crippen LogP) is 3.40. The van der Waals surface area contributed by atoms with Crippen LogP contribution in [0, 0.1) is 0 Å². The lowest BCUT2D eigenvalue weighted by molar-refractivity contribution is 0.414. The molecule has 0 aliphatic rings. The Labute approximate surface area is 112 Å². The Hall–Kier alpha value is -1.74. The second kappa shape index (κ2) is 6.26. The maximum Gasteiger partial charge on any atom is 0.119 e. The van der Waals surface area contributed by atoms with Gasteiger partial charge in [-0.15, -0.1) is 0 Å². The molecule has 1 aromatic heterocycles. The van der Waals surface area contributed by atoms with E-state index in [-0.39, 0.29) is 0 Å². The number of pyridine rings is 1. The fraction of sp³-hybridized carbons (Fsp3) is 0.214. The Kier molecular flexibility index (Phi) is 4.42. The first-order valence-corrected chi connectivity index (χ1v) is 6.13. The molecule has 1 N–H and O–H groups in total. The third-order valence-electron chi connectivity index (χ3n) is 2.64. The number of hydrogen-bond donors (Lipinski definition) is 1. The van der Waals surface area contributed by atoms with Crippen molar-refractivity contribution in [1.29, 1.82) is 0 Å². The molecule has 0 unspecified atom stereocenters. The number of hydrogen-bond acceptors (Lipinski definition) is 3. The minimum absolute atomic E-state index is 0.642. The average Bonchev–Trinajstić information content (AvgIpc) is 2.41. The van der Waals surface area contributed by atoms with Crippen molar-refractivity contribution in [3.05, 3.63) is 53.3 Å². The van der Waals surface area contributed by atoms with E-state index in [2.05, 4.69) is 16.4 Å². The quantitative estimate of drug-likeness (QED) is 0.897. The van der Waals surface area contributed by atoms with E-state index in [4.69, 9.17) is 16.3 Å². The van der Waals surface area contributed by atoms with Crippen LogP contribution in [0.2, 0.25) is 5.02 Å². The van der Waals surface area contributed by atoms with Crippen molar-refractivity contribution >= 4 is 17.3 Å². The van der Waals surface area contributed by atoms with Crippen LogP contribution in [0.3, 0.4) is 0 Å². The van der Waals surface area contributed by atoms with Gasteiger partial charge in [0.25, 0.3) is 0 Å². The third-order valence-corrected chi connectivity index (χ3v) is 2.94. The Morgan fingerprint density at radius 1 is 1.33 bits per heavy atom. The first-order valence-electron chi connectivity index (χ1n) is 5.76. The normalized spacial score (nSPS) is 10.1. The van der Waals surface area contributed by atoms with Crippen molar-refractivity contribution in [3.63, 3.8) is 0 Å². The summed E-state index contributed by atoms with van der Waals surface area (Å²) in [7, 11) is 1.67. The lowest BCUT2D eigenvalue weighted by Crippen LogP contribution is -2.05. The van der Waals surface area contributed by atoms with Crippen LogP contribution in [-0.2, 0) is 6.42 Å². The van der Waals surface area contributed by atoms with E-state index in [1.807, 2.05) is 24.3 Å². The summed E-state index contributed by atoms with van der Waals surface area (Å²) in [5, 5.41) is 3.93. The van der Waals surface area contributed by atoms with Crippen LogP contribution in [0.5, 0.6) is 5.75 Å². The largest absolute Gasteiger partial charge is 0.497 e. The van der Waals surface area contributed by atoms with E-state index < -0.39 is 0 Å². The molecule has 4 heteroatoms. The topological polar surface area (TPSA) is 34.1 Å². The minimum atomic E-state index is 0.642. The van der Waals surface area contributed by atoms with Crippen LogP contribution >= 0.6 is 11.6 Å². The summed E-state index contributed by atoms with van der Waals surface area (Å²) in [4.78, 5) is 3.95. The molecule has 0 bridgehead atoms. The van der Waals surface area contributed by atoms with Crippen molar-refractivity contribution in [2.24, 2.45) is 0 Å². The Morgan fingerprint density at radius 3 is 3.00 bits per heavy atom. The highest BCUT2D eigenvalue weighted by Gasteiger charge is 1.99. The number of methoxy groups -OCH3 is 1. The second-order valence-corrected chi connectivity index (χ2v) is 4.29. The van der Waals surface area contributed by atoms with Crippen molar-refractivity contribution < 1.29 is 4.74 Å². The van der Waals surface area contributed by atoms with Crippen molar-refractivity contribution in [1.82, 2.24) is 4.98 Å². The lowest BCUT2D eigenvalue weighted by atomic mass is 10.1. The number of aromatic nitrogens is 1. The lowest BCUT2D eigenvalue weighted by Gasteiger charge is -2.08. The first-order chi connectivity index (χ1) is 8.79. The molecular weight excluding hydrogens is 248 g/mol. The molecule has 1 aromatic carbocycles. The maximum absolute atomic E-state index is 6.01. The maximum atomic E-state index is 6.01. The highest BCUT2D eigenvalue weighted by atomic mass is 35.5. The Morgan fingerprint density at radius 2 is 2.22 bits per heavy atom. The number of nitrogens with zero attached hydrogens (tertiary/aromatic N) is 1. The molecule has 0 radical (unpaired) electrons. The summed E-state index contributed by atoms with van der Waals surface area (Å²) < 4.78 is 5.19. The summed E-state index contributed by atoms with van der Waals surface area (Å²) in [6.45, 7) is 0.816. The van der Waals surface area contributed by atoms with Gasteiger partial charge in [-0.1, -0.05) is 23.7 Å². The van der Waals surface area contributed by atoms with Crippen LogP contribution < -0.4 is 10.1 Å². The first kappa shape index (κ1) is 12.7. The Bertz CT molecular complexity index is 517. The second-order valence-electron chi connectivity index (χ2n) is 3.88. The number of benzene rings is 1. The molecule has 94 valence electrons. The molecule has 0 saturated carbocycles. The fourth-order valence-electron chi connectivity index (χ4n) is 1.69. The zero-order valence-corrected chi connectivity index (χ0v) is 10.9. The SMILES string of the molecule is COc1cccc(CCNc2ccncc2Cl)c1. The van der Waals surface area contributed by atoms with E-state index in [0.29, 0.717) is 5.02 Å². The molecule has 0 aliphatic heterocycles. The highest BCUT2D eigenvalue weighted by molar-refractivity contribution is 6.33. The van der Waals surface area contributed by atoms with Crippen LogP contribution in [0.15, 0.2) is 42.7 Å². The van der Waals surface area contributed by atoms with E-state index in [1.165, 1.54) is 5.56 Å². The van der Waals surface area contributed by atoms with Crippen molar-refractivity contribution in [2.45, 2.75) is 6.42 Å². The van der Waals surface area contributed by atoms with Gasteiger partial charge in [0.15, 0.2) is 0 Å². The molecule has 0 saturated heterocycles. The van der Waals surface area contributed by atoms with E-state index >= 15 is 0 Å². The van der Waals surface area contributed by atoms with Gasteiger partial charge in [0.05, 0.1) is 17.8 Å². The number of halogens is 1. The van der Waals surface area contributed by atoms with E-state index in [0.717, 1.165) is 24.4 Å². The molecule has 0 aliphatic carbocycles. The third kappa shape index (κ3) is 3.37. The van der Waals surface area contributed by atoms with Crippen molar-refractivity contribution in [3.8, 4) is 5.75 Å². The van der Waals surface area contributed by atoms with Gasteiger partial charge in [-0.25, -0.2) is 0 Å². The summed E-state index contributed by atoms with van der Waals surface area (Å²) in [6, 6.07) is 9.92.